The molecular weight excluding hydrogens is 304 g/mol. The van der Waals surface area contributed by atoms with E-state index in [1.165, 1.54) is 0 Å². The first-order valence-corrected chi connectivity index (χ1v) is 9.06. The Bertz CT molecular complexity index is 507. The first-order chi connectivity index (χ1) is 11.5. The lowest BCUT2D eigenvalue weighted by Crippen LogP contribution is -2.53. The quantitative estimate of drug-likeness (QED) is 0.763. The van der Waals surface area contributed by atoms with Crippen molar-refractivity contribution >= 4 is 0 Å². The highest BCUT2D eigenvalue weighted by molar-refractivity contribution is 5.45. The Hall–Kier alpha value is -1.30. The molecule has 0 amide bonds. The number of aromatic hydroxyl groups is 1. The summed E-state index contributed by atoms with van der Waals surface area (Å²) in [7, 11) is 0. The lowest BCUT2D eigenvalue weighted by Gasteiger charge is -2.42. The molecule has 1 saturated heterocycles. The van der Waals surface area contributed by atoms with Crippen LogP contribution in [0.25, 0.3) is 0 Å². The molecule has 2 rings (SSSR count). The second-order valence-corrected chi connectivity index (χ2v) is 6.99. The third kappa shape index (κ3) is 5.10. The van der Waals surface area contributed by atoms with Crippen molar-refractivity contribution in [1.82, 2.24) is 9.80 Å². The van der Waals surface area contributed by atoms with Gasteiger partial charge in [0.15, 0.2) is 11.5 Å². The molecule has 24 heavy (non-hydrogen) atoms. The number of phenolic OH excluding ortho intramolecular Hbond substituents is 1. The van der Waals surface area contributed by atoms with Gasteiger partial charge in [0, 0.05) is 50.9 Å². The number of nitrogens with zero attached hydrogens (tertiary/aromatic N) is 2. The summed E-state index contributed by atoms with van der Waals surface area (Å²) in [5.74, 6) is 1.44. The first-order valence-electron chi connectivity index (χ1n) is 9.06. The number of phenols is 1. The van der Waals surface area contributed by atoms with Crippen LogP contribution in [0.2, 0.25) is 0 Å². The number of aliphatic hydroxyl groups excluding tert-OH is 1. The highest BCUT2D eigenvalue weighted by Crippen LogP contribution is 2.31. The molecule has 0 spiro atoms. The van der Waals surface area contributed by atoms with Crippen molar-refractivity contribution < 1.29 is 14.9 Å². The summed E-state index contributed by atoms with van der Waals surface area (Å²) in [6.07, 6.45) is 0.800. The van der Waals surface area contributed by atoms with E-state index in [9.17, 15) is 10.2 Å². The van der Waals surface area contributed by atoms with Gasteiger partial charge in [0.05, 0.1) is 6.61 Å². The van der Waals surface area contributed by atoms with E-state index in [-0.39, 0.29) is 12.4 Å². The van der Waals surface area contributed by atoms with E-state index in [1.54, 1.807) is 6.07 Å². The van der Waals surface area contributed by atoms with Crippen molar-refractivity contribution in [1.29, 1.82) is 0 Å². The zero-order valence-corrected chi connectivity index (χ0v) is 15.2. The summed E-state index contributed by atoms with van der Waals surface area (Å²) in [5.41, 5.74) is 0.904. The molecule has 5 heteroatoms. The zero-order chi connectivity index (χ0) is 17.5. The van der Waals surface area contributed by atoms with Crippen molar-refractivity contribution in [2.45, 2.75) is 39.8 Å². The fourth-order valence-corrected chi connectivity index (χ4v) is 3.44. The van der Waals surface area contributed by atoms with Crippen LogP contribution in [0, 0.1) is 5.92 Å². The minimum absolute atomic E-state index is 0.220. The van der Waals surface area contributed by atoms with Crippen LogP contribution >= 0.6 is 0 Å². The Morgan fingerprint density at radius 2 is 2.08 bits per heavy atom. The minimum Gasteiger partial charge on any atom is -0.504 e. The predicted molar refractivity (Wildman–Crippen MR) is 96.5 cm³/mol. The molecule has 1 aromatic rings. The molecule has 5 nitrogen and oxygen atoms in total. The SMILES string of the molecule is CCOc1cccc(CN2CCN(CC(C)C)C(CCO)C2)c1O. The van der Waals surface area contributed by atoms with Gasteiger partial charge in [-0.15, -0.1) is 0 Å². The summed E-state index contributed by atoms with van der Waals surface area (Å²) >= 11 is 0. The average molecular weight is 336 g/mol. The summed E-state index contributed by atoms with van der Waals surface area (Å²) < 4.78 is 5.48. The van der Waals surface area contributed by atoms with Gasteiger partial charge in [-0.25, -0.2) is 0 Å². The lowest BCUT2D eigenvalue weighted by molar-refractivity contribution is 0.0473. The highest BCUT2D eigenvalue weighted by atomic mass is 16.5. The number of para-hydroxylation sites is 1. The monoisotopic (exact) mass is 336 g/mol. The van der Waals surface area contributed by atoms with Crippen LogP contribution in [-0.4, -0.2) is 65.4 Å². The Morgan fingerprint density at radius 1 is 1.29 bits per heavy atom. The molecule has 1 aliphatic heterocycles. The van der Waals surface area contributed by atoms with Crippen molar-refractivity contribution in [2.24, 2.45) is 5.92 Å². The molecular formula is C19H32N2O3. The zero-order valence-electron chi connectivity index (χ0n) is 15.2. The molecule has 136 valence electrons. The number of hydrogen-bond donors (Lipinski definition) is 2. The smallest absolute Gasteiger partial charge is 0.162 e. The molecule has 1 unspecified atom stereocenters. The lowest BCUT2D eigenvalue weighted by atomic mass is 10.0. The molecule has 0 radical (unpaired) electrons. The third-order valence-corrected chi connectivity index (χ3v) is 4.53. The largest absolute Gasteiger partial charge is 0.504 e. The number of piperazine rings is 1. The molecule has 0 saturated carbocycles. The topological polar surface area (TPSA) is 56.2 Å². The van der Waals surface area contributed by atoms with E-state index in [0.717, 1.165) is 38.2 Å². The fourth-order valence-electron chi connectivity index (χ4n) is 3.44. The van der Waals surface area contributed by atoms with Gasteiger partial charge in [0.1, 0.15) is 0 Å². The molecule has 1 atom stereocenters. The van der Waals surface area contributed by atoms with Gasteiger partial charge in [0.2, 0.25) is 0 Å². The minimum atomic E-state index is 0.220. The van der Waals surface area contributed by atoms with E-state index in [4.69, 9.17) is 4.74 Å². The van der Waals surface area contributed by atoms with Crippen LogP contribution in [0.3, 0.4) is 0 Å². The molecule has 1 aromatic carbocycles. The van der Waals surface area contributed by atoms with E-state index < -0.39 is 0 Å². The van der Waals surface area contributed by atoms with Crippen LogP contribution in [-0.2, 0) is 6.54 Å². The summed E-state index contributed by atoms with van der Waals surface area (Å²) in [5, 5.41) is 19.8. The van der Waals surface area contributed by atoms with Crippen LogP contribution in [0.1, 0.15) is 32.8 Å². The standard InChI is InChI=1S/C19H32N2O3/c1-4-24-18-7-5-6-16(19(18)23)13-20-9-10-21(12-15(2)3)17(14-20)8-11-22/h5-7,15,17,22-23H,4,8-14H2,1-3H3. The van der Waals surface area contributed by atoms with Gasteiger partial charge in [0.25, 0.3) is 0 Å². The van der Waals surface area contributed by atoms with E-state index in [2.05, 4.69) is 23.6 Å². The molecule has 0 aromatic heterocycles. The van der Waals surface area contributed by atoms with Crippen LogP contribution < -0.4 is 4.74 Å². The highest BCUT2D eigenvalue weighted by Gasteiger charge is 2.27. The van der Waals surface area contributed by atoms with Gasteiger partial charge >= 0.3 is 0 Å². The maximum absolute atomic E-state index is 10.4. The molecule has 1 aliphatic rings. The summed E-state index contributed by atoms with van der Waals surface area (Å²) in [4.78, 5) is 4.86. The van der Waals surface area contributed by atoms with E-state index in [1.807, 2.05) is 19.1 Å². The number of aliphatic hydroxyl groups is 1. The van der Waals surface area contributed by atoms with Gasteiger partial charge in [-0.05, 0) is 25.3 Å². The fraction of sp³-hybridized carbons (Fsp3) is 0.684. The average Bonchev–Trinajstić information content (AvgIpc) is 2.54. The second-order valence-electron chi connectivity index (χ2n) is 6.99. The van der Waals surface area contributed by atoms with E-state index in [0.29, 0.717) is 30.9 Å². The second kappa shape index (κ2) is 9.25. The van der Waals surface area contributed by atoms with Gasteiger partial charge < -0.3 is 14.9 Å². The van der Waals surface area contributed by atoms with Gasteiger partial charge in [-0.2, -0.15) is 0 Å². The number of hydrogen-bond acceptors (Lipinski definition) is 5. The number of ether oxygens (including phenoxy) is 1. The molecule has 1 fully saturated rings. The Labute approximate surface area is 145 Å². The Morgan fingerprint density at radius 3 is 2.75 bits per heavy atom. The Balaban J connectivity index is 2.02. The molecule has 2 N–H and O–H groups in total. The van der Waals surface area contributed by atoms with Gasteiger partial charge in [-0.3, -0.25) is 9.80 Å². The predicted octanol–water partition coefficient (Wildman–Crippen LogP) is 2.32. The summed E-state index contributed by atoms with van der Waals surface area (Å²) in [6.45, 7) is 11.8. The molecule has 1 heterocycles. The number of benzene rings is 1. The maximum atomic E-state index is 10.4. The first kappa shape index (κ1) is 19.0. The summed E-state index contributed by atoms with van der Waals surface area (Å²) in [6, 6.07) is 6.07. The van der Waals surface area contributed by atoms with Crippen LogP contribution in [0.4, 0.5) is 0 Å². The number of rotatable bonds is 8. The van der Waals surface area contributed by atoms with Crippen LogP contribution in [0.5, 0.6) is 11.5 Å². The Kier molecular flexibility index (Phi) is 7.34. The van der Waals surface area contributed by atoms with Crippen molar-refractivity contribution in [3.8, 4) is 11.5 Å². The van der Waals surface area contributed by atoms with Crippen molar-refractivity contribution in [3.63, 3.8) is 0 Å². The van der Waals surface area contributed by atoms with Gasteiger partial charge in [-0.1, -0.05) is 26.0 Å². The van der Waals surface area contributed by atoms with E-state index >= 15 is 0 Å². The van der Waals surface area contributed by atoms with Crippen molar-refractivity contribution in [2.75, 3.05) is 39.4 Å². The molecule has 0 bridgehead atoms. The maximum Gasteiger partial charge on any atom is 0.162 e. The normalized spacial score (nSPS) is 19.8. The molecule has 0 aliphatic carbocycles. The van der Waals surface area contributed by atoms with Crippen molar-refractivity contribution in [3.05, 3.63) is 23.8 Å². The van der Waals surface area contributed by atoms with Crippen LogP contribution in [0.15, 0.2) is 18.2 Å². The third-order valence-electron chi connectivity index (χ3n) is 4.53.